The largest absolute Gasteiger partial charge is 0.391 e. The van der Waals surface area contributed by atoms with E-state index in [0.29, 0.717) is 12.1 Å². The zero-order valence-electron chi connectivity index (χ0n) is 13.5. The molecule has 0 bridgehead atoms. The predicted octanol–water partition coefficient (Wildman–Crippen LogP) is 2.35. The van der Waals surface area contributed by atoms with Crippen LogP contribution in [0.25, 0.3) is 5.65 Å². The Bertz CT molecular complexity index is 873. The minimum atomic E-state index is -0.569. The van der Waals surface area contributed by atoms with Gasteiger partial charge in [0.05, 0.1) is 24.3 Å². The fourth-order valence-corrected chi connectivity index (χ4v) is 3.42. The molecule has 25 heavy (non-hydrogen) atoms. The highest BCUT2D eigenvalue weighted by molar-refractivity contribution is 5.79. The Hall–Kier alpha value is -2.73. The highest BCUT2D eigenvalue weighted by atomic mass is 19.1. The third-order valence-corrected chi connectivity index (χ3v) is 4.60. The summed E-state index contributed by atoms with van der Waals surface area (Å²) in [4.78, 5) is 18.9. The molecule has 128 valence electrons. The molecule has 2 aromatic heterocycles. The van der Waals surface area contributed by atoms with Crippen LogP contribution >= 0.6 is 0 Å². The van der Waals surface area contributed by atoms with E-state index in [1.807, 2.05) is 35.0 Å². The third kappa shape index (κ3) is 3.13. The van der Waals surface area contributed by atoms with E-state index in [4.69, 9.17) is 0 Å². The molecule has 6 heteroatoms. The molecular formula is C19H18FN3O2. The van der Waals surface area contributed by atoms with Crippen LogP contribution in [-0.2, 0) is 11.2 Å². The van der Waals surface area contributed by atoms with E-state index >= 15 is 0 Å². The molecule has 3 aromatic rings. The summed E-state index contributed by atoms with van der Waals surface area (Å²) in [7, 11) is 0. The van der Waals surface area contributed by atoms with Crippen molar-refractivity contribution in [1.29, 1.82) is 0 Å². The standard InChI is InChI=1S/C19H18FN3O2/c20-14-6-4-13(5-7-14)17-10-16(24)12-23(17)19(25)9-15-11-22-8-2-1-3-18(22)21-15/h1-8,11,16-17,24H,9-10,12H2/t16-,17-/m0/s1. The van der Waals surface area contributed by atoms with Gasteiger partial charge in [-0.3, -0.25) is 4.79 Å². The molecule has 1 aliphatic rings. The van der Waals surface area contributed by atoms with Crippen LogP contribution in [0.15, 0.2) is 54.9 Å². The van der Waals surface area contributed by atoms with Crippen LogP contribution in [-0.4, -0.2) is 37.9 Å². The number of likely N-dealkylation sites (tertiary alicyclic amines) is 1. The average molecular weight is 339 g/mol. The molecule has 1 aliphatic heterocycles. The van der Waals surface area contributed by atoms with Gasteiger partial charge in [-0.25, -0.2) is 9.37 Å². The second kappa shape index (κ2) is 6.29. The van der Waals surface area contributed by atoms with Gasteiger partial charge in [-0.05, 0) is 36.2 Å². The number of aromatic nitrogens is 2. The van der Waals surface area contributed by atoms with Crippen molar-refractivity contribution in [2.45, 2.75) is 25.0 Å². The van der Waals surface area contributed by atoms with E-state index < -0.39 is 6.10 Å². The molecule has 1 amide bonds. The lowest BCUT2D eigenvalue weighted by Gasteiger charge is -2.24. The minimum Gasteiger partial charge on any atom is -0.391 e. The second-order valence-electron chi connectivity index (χ2n) is 6.38. The molecule has 0 spiro atoms. The summed E-state index contributed by atoms with van der Waals surface area (Å²) in [5.74, 6) is -0.404. The monoisotopic (exact) mass is 339 g/mol. The lowest BCUT2D eigenvalue weighted by atomic mass is 10.0. The lowest BCUT2D eigenvalue weighted by molar-refractivity contribution is -0.131. The van der Waals surface area contributed by atoms with Crippen LogP contribution in [0.2, 0.25) is 0 Å². The molecule has 5 nitrogen and oxygen atoms in total. The topological polar surface area (TPSA) is 57.8 Å². The Morgan fingerprint density at radius 2 is 2.04 bits per heavy atom. The molecule has 0 aliphatic carbocycles. The average Bonchev–Trinajstić information content (AvgIpc) is 3.18. The molecule has 2 atom stereocenters. The summed E-state index contributed by atoms with van der Waals surface area (Å²) in [6, 6.07) is 11.5. The summed E-state index contributed by atoms with van der Waals surface area (Å²) < 4.78 is 15.0. The van der Waals surface area contributed by atoms with Crippen molar-refractivity contribution in [1.82, 2.24) is 14.3 Å². The van der Waals surface area contributed by atoms with Crippen LogP contribution in [0, 0.1) is 5.82 Å². The quantitative estimate of drug-likeness (QED) is 0.797. The number of hydrogen-bond acceptors (Lipinski definition) is 3. The Morgan fingerprint density at radius 1 is 1.24 bits per heavy atom. The summed E-state index contributed by atoms with van der Waals surface area (Å²) in [6.45, 7) is 0.286. The van der Waals surface area contributed by atoms with Gasteiger partial charge < -0.3 is 14.4 Å². The number of aliphatic hydroxyl groups excluding tert-OH is 1. The van der Waals surface area contributed by atoms with Crippen LogP contribution in [0.3, 0.4) is 0 Å². The number of nitrogens with zero attached hydrogens (tertiary/aromatic N) is 3. The van der Waals surface area contributed by atoms with Crippen LogP contribution in [0.1, 0.15) is 23.7 Å². The Balaban J connectivity index is 1.55. The smallest absolute Gasteiger partial charge is 0.229 e. The number of carbonyl (C=O) groups excluding carboxylic acids is 1. The molecule has 1 N–H and O–H groups in total. The highest BCUT2D eigenvalue weighted by Crippen LogP contribution is 2.32. The van der Waals surface area contributed by atoms with E-state index in [0.717, 1.165) is 11.2 Å². The number of halogens is 1. The van der Waals surface area contributed by atoms with Gasteiger partial charge in [0.1, 0.15) is 11.5 Å². The first kappa shape index (κ1) is 15.8. The number of fused-ring (bicyclic) bond motifs is 1. The SMILES string of the molecule is O=C(Cc1cn2ccccc2n1)N1C[C@@H](O)C[C@H]1c1ccc(F)cc1. The number of aliphatic hydroxyl groups is 1. The molecular weight excluding hydrogens is 321 g/mol. The van der Waals surface area contributed by atoms with Gasteiger partial charge in [0, 0.05) is 18.9 Å². The van der Waals surface area contributed by atoms with Crippen molar-refractivity contribution in [3.8, 4) is 0 Å². The van der Waals surface area contributed by atoms with E-state index in [-0.39, 0.29) is 30.7 Å². The number of hydrogen-bond donors (Lipinski definition) is 1. The number of rotatable bonds is 3. The number of benzene rings is 1. The van der Waals surface area contributed by atoms with Crippen LogP contribution in [0.4, 0.5) is 4.39 Å². The summed E-state index contributed by atoms with van der Waals surface area (Å²) in [5.41, 5.74) is 2.32. The predicted molar refractivity (Wildman–Crippen MR) is 90.4 cm³/mol. The first-order valence-electron chi connectivity index (χ1n) is 8.26. The maximum absolute atomic E-state index is 13.2. The number of β-amino-alcohol motifs (C(OH)–C–C–N with tert-alkyl or cyclic N) is 1. The number of amides is 1. The maximum atomic E-state index is 13.2. The van der Waals surface area contributed by atoms with Gasteiger partial charge in [-0.1, -0.05) is 18.2 Å². The van der Waals surface area contributed by atoms with Gasteiger partial charge in [0.25, 0.3) is 0 Å². The van der Waals surface area contributed by atoms with Crippen molar-refractivity contribution < 1.29 is 14.3 Å². The Labute approximate surface area is 144 Å². The lowest BCUT2D eigenvalue weighted by Crippen LogP contribution is -2.33. The second-order valence-corrected chi connectivity index (χ2v) is 6.38. The van der Waals surface area contributed by atoms with Crippen LogP contribution in [0.5, 0.6) is 0 Å². The zero-order valence-corrected chi connectivity index (χ0v) is 13.5. The van der Waals surface area contributed by atoms with Crippen molar-refractivity contribution in [2.75, 3.05) is 6.54 Å². The number of pyridine rings is 1. The van der Waals surface area contributed by atoms with Crippen molar-refractivity contribution in [3.05, 3.63) is 71.9 Å². The number of imidazole rings is 1. The maximum Gasteiger partial charge on any atom is 0.229 e. The molecule has 0 saturated carbocycles. The van der Waals surface area contributed by atoms with Crippen molar-refractivity contribution >= 4 is 11.6 Å². The summed E-state index contributed by atoms with van der Waals surface area (Å²) in [5, 5.41) is 10.0. The third-order valence-electron chi connectivity index (χ3n) is 4.60. The van der Waals surface area contributed by atoms with E-state index in [1.54, 1.807) is 17.0 Å². The molecule has 4 rings (SSSR count). The summed E-state index contributed by atoms with van der Waals surface area (Å²) in [6.07, 6.45) is 3.79. The molecule has 1 fully saturated rings. The Kier molecular flexibility index (Phi) is 3.97. The Morgan fingerprint density at radius 3 is 2.80 bits per heavy atom. The van der Waals surface area contributed by atoms with Crippen molar-refractivity contribution in [3.63, 3.8) is 0 Å². The van der Waals surface area contributed by atoms with Crippen molar-refractivity contribution in [2.24, 2.45) is 0 Å². The van der Waals surface area contributed by atoms with Gasteiger partial charge >= 0.3 is 0 Å². The number of carbonyl (C=O) groups is 1. The summed E-state index contributed by atoms with van der Waals surface area (Å²) >= 11 is 0. The van der Waals surface area contributed by atoms with E-state index in [2.05, 4.69) is 4.98 Å². The van der Waals surface area contributed by atoms with Gasteiger partial charge in [0.2, 0.25) is 5.91 Å². The fraction of sp³-hybridized carbons (Fsp3) is 0.263. The molecule has 1 aromatic carbocycles. The van der Waals surface area contributed by atoms with Crippen LogP contribution < -0.4 is 0 Å². The van der Waals surface area contributed by atoms with Gasteiger partial charge in [0.15, 0.2) is 0 Å². The molecule has 3 heterocycles. The first-order chi connectivity index (χ1) is 12.1. The highest BCUT2D eigenvalue weighted by Gasteiger charge is 2.35. The normalized spacial score (nSPS) is 20.3. The van der Waals surface area contributed by atoms with E-state index in [1.165, 1.54) is 12.1 Å². The van der Waals surface area contributed by atoms with Gasteiger partial charge in [-0.15, -0.1) is 0 Å². The first-order valence-corrected chi connectivity index (χ1v) is 8.26. The van der Waals surface area contributed by atoms with Gasteiger partial charge in [-0.2, -0.15) is 0 Å². The zero-order chi connectivity index (χ0) is 17.4. The molecule has 0 radical (unpaired) electrons. The molecule has 1 saturated heterocycles. The van der Waals surface area contributed by atoms with E-state index in [9.17, 15) is 14.3 Å². The minimum absolute atomic E-state index is 0.0886. The fourth-order valence-electron chi connectivity index (χ4n) is 3.42. The molecule has 0 unspecified atom stereocenters.